The quantitative estimate of drug-likeness (QED) is 0.731. The van der Waals surface area contributed by atoms with E-state index in [0.29, 0.717) is 23.3 Å². The SMILES string of the molecule is Cn1ccnc1C1CNCCN1C(=O)Cn1cnc2sccc2c1=O. The van der Waals surface area contributed by atoms with E-state index in [2.05, 4.69) is 15.3 Å². The van der Waals surface area contributed by atoms with Gasteiger partial charge in [-0.15, -0.1) is 11.3 Å². The highest BCUT2D eigenvalue weighted by atomic mass is 32.1. The maximum atomic E-state index is 12.9. The molecule has 0 radical (unpaired) electrons. The number of aryl methyl sites for hydroxylation is 1. The molecule has 0 bridgehead atoms. The van der Waals surface area contributed by atoms with E-state index in [1.807, 2.05) is 23.2 Å². The summed E-state index contributed by atoms with van der Waals surface area (Å²) < 4.78 is 3.30. The Hall–Kier alpha value is -2.52. The van der Waals surface area contributed by atoms with E-state index in [9.17, 15) is 9.59 Å². The molecule has 1 unspecified atom stereocenters. The smallest absolute Gasteiger partial charge is 0.262 e. The molecule has 4 heterocycles. The minimum Gasteiger partial charge on any atom is -0.336 e. The number of carbonyl (C=O) groups excluding carboxylic acids is 1. The van der Waals surface area contributed by atoms with Crippen molar-refractivity contribution in [3.63, 3.8) is 0 Å². The van der Waals surface area contributed by atoms with E-state index in [-0.39, 0.29) is 24.1 Å². The van der Waals surface area contributed by atoms with Crippen LogP contribution in [-0.4, -0.2) is 49.5 Å². The zero-order valence-corrected chi connectivity index (χ0v) is 14.6. The van der Waals surface area contributed by atoms with Gasteiger partial charge >= 0.3 is 0 Å². The molecular weight excluding hydrogens is 340 g/mol. The van der Waals surface area contributed by atoms with Crippen molar-refractivity contribution in [1.29, 1.82) is 0 Å². The number of imidazole rings is 1. The van der Waals surface area contributed by atoms with Crippen molar-refractivity contribution in [2.45, 2.75) is 12.6 Å². The number of hydrogen-bond donors (Lipinski definition) is 1. The number of amides is 1. The summed E-state index contributed by atoms with van der Waals surface area (Å²) in [4.78, 5) is 36.5. The van der Waals surface area contributed by atoms with E-state index >= 15 is 0 Å². The molecule has 8 nitrogen and oxygen atoms in total. The van der Waals surface area contributed by atoms with Crippen LogP contribution in [0.2, 0.25) is 0 Å². The second-order valence-corrected chi connectivity index (χ2v) is 6.92. The second kappa shape index (κ2) is 6.41. The van der Waals surface area contributed by atoms with Crippen LogP contribution in [0.5, 0.6) is 0 Å². The zero-order valence-electron chi connectivity index (χ0n) is 13.8. The normalized spacial score (nSPS) is 18.0. The van der Waals surface area contributed by atoms with Crippen LogP contribution < -0.4 is 10.9 Å². The molecule has 1 amide bonds. The van der Waals surface area contributed by atoms with Crippen LogP contribution >= 0.6 is 11.3 Å². The van der Waals surface area contributed by atoms with E-state index in [4.69, 9.17) is 0 Å². The van der Waals surface area contributed by atoms with Crippen LogP contribution in [0.1, 0.15) is 11.9 Å². The fourth-order valence-electron chi connectivity index (χ4n) is 3.17. The topological polar surface area (TPSA) is 85.1 Å². The highest BCUT2D eigenvalue weighted by molar-refractivity contribution is 7.16. The molecule has 1 saturated heterocycles. The third-order valence-corrected chi connectivity index (χ3v) is 5.30. The van der Waals surface area contributed by atoms with Crippen molar-refractivity contribution in [2.75, 3.05) is 19.6 Å². The van der Waals surface area contributed by atoms with Gasteiger partial charge in [0.2, 0.25) is 5.91 Å². The van der Waals surface area contributed by atoms with Gasteiger partial charge in [0.05, 0.1) is 11.7 Å². The van der Waals surface area contributed by atoms with Gasteiger partial charge in [-0.2, -0.15) is 0 Å². The summed E-state index contributed by atoms with van der Waals surface area (Å²) in [6, 6.07) is 1.60. The average molecular weight is 358 g/mol. The first-order valence-corrected chi connectivity index (χ1v) is 8.93. The Morgan fingerprint density at radius 2 is 2.32 bits per heavy atom. The maximum Gasteiger partial charge on any atom is 0.262 e. The van der Waals surface area contributed by atoms with Gasteiger partial charge in [-0.3, -0.25) is 14.2 Å². The molecule has 4 rings (SSSR count). The molecule has 3 aromatic heterocycles. The van der Waals surface area contributed by atoms with Gasteiger partial charge in [0.15, 0.2) is 0 Å². The highest BCUT2D eigenvalue weighted by Crippen LogP contribution is 2.21. The van der Waals surface area contributed by atoms with Crippen molar-refractivity contribution >= 4 is 27.5 Å². The molecule has 0 saturated carbocycles. The summed E-state index contributed by atoms with van der Waals surface area (Å²) in [5, 5.41) is 5.69. The summed E-state index contributed by atoms with van der Waals surface area (Å²) in [7, 11) is 1.92. The van der Waals surface area contributed by atoms with Crippen molar-refractivity contribution < 1.29 is 4.79 Å². The number of nitrogens with one attached hydrogen (secondary N) is 1. The fourth-order valence-corrected chi connectivity index (χ4v) is 3.90. The van der Waals surface area contributed by atoms with Gasteiger partial charge in [-0.05, 0) is 11.4 Å². The zero-order chi connectivity index (χ0) is 17.4. The van der Waals surface area contributed by atoms with Crippen LogP contribution in [0.3, 0.4) is 0 Å². The van der Waals surface area contributed by atoms with Gasteiger partial charge in [-0.25, -0.2) is 9.97 Å². The van der Waals surface area contributed by atoms with E-state index in [1.54, 1.807) is 17.2 Å². The van der Waals surface area contributed by atoms with Crippen LogP contribution in [-0.2, 0) is 18.4 Å². The molecule has 0 spiro atoms. The molecule has 3 aromatic rings. The van der Waals surface area contributed by atoms with Crippen molar-refractivity contribution in [1.82, 2.24) is 29.3 Å². The summed E-state index contributed by atoms with van der Waals surface area (Å²) >= 11 is 1.42. The lowest BCUT2D eigenvalue weighted by Crippen LogP contribution is -2.50. The molecule has 9 heteroatoms. The molecular formula is C16H18N6O2S. The van der Waals surface area contributed by atoms with Crippen LogP contribution in [0.25, 0.3) is 10.2 Å². The number of carbonyl (C=O) groups is 1. The summed E-state index contributed by atoms with van der Waals surface area (Å²) in [5.74, 6) is 0.729. The van der Waals surface area contributed by atoms with Gasteiger partial charge in [0.25, 0.3) is 5.56 Å². The van der Waals surface area contributed by atoms with Crippen molar-refractivity contribution in [2.24, 2.45) is 7.05 Å². The molecule has 1 N–H and O–H groups in total. The van der Waals surface area contributed by atoms with Crippen LogP contribution in [0, 0.1) is 0 Å². The maximum absolute atomic E-state index is 12.9. The first-order chi connectivity index (χ1) is 12.1. The molecule has 0 aliphatic carbocycles. The number of rotatable bonds is 3. The third-order valence-electron chi connectivity index (χ3n) is 4.48. The Kier molecular flexibility index (Phi) is 4.10. The minimum atomic E-state index is -0.178. The molecule has 1 aliphatic heterocycles. The van der Waals surface area contributed by atoms with Crippen molar-refractivity contribution in [3.05, 3.63) is 46.3 Å². The van der Waals surface area contributed by atoms with E-state index in [1.165, 1.54) is 22.2 Å². The molecule has 1 fully saturated rings. The molecule has 1 aliphatic rings. The average Bonchev–Trinajstić information content (AvgIpc) is 3.26. The van der Waals surface area contributed by atoms with Gasteiger partial charge in [0.1, 0.15) is 23.2 Å². The van der Waals surface area contributed by atoms with E-state index < -0.39 is 0 Å². The van der Waals surface area contributed by atoms with Crippen molar-refractivity contribution in [3.8, 4) is 0 Å². The molecule has 130 valence electrons. The lowest BCUT2D eigenvalue weighted by molar-refractivity contribution is -0.135. The second-order valence-electron chi connectivity index (χ2n) is 6.02. The molecule has 25 heavy (non-hydrogen) atoms. The number of piperazine rings is 1. The van der Waals surface area contributed by atoms with Gasteiger partial charge < -0.3 is 14.8 Å². The molecule has 0 aromatic carbocycles. The Bertz CT molecular complexity index is 974. The highest BCUT2D eigenvalue weighted by Gasteiger charge is 2.30. The van der Waals surface area contributed by atoms with Crippen LogP contribution in [0.15, 0.2) is 35.0 Å². The minimum absolute atomic E-state index is 0.0153. The fraction of sp³-hybridized carbons (Fsp3) is 0.375. The lowest BCUT2D eigenvalue weighted by atomic mass is 10.1. The van der Waals surface area contributed by atoms with E-state index in [0.717, 1.165) is 12.4 Å². The number of fused-ring (bicyclic) bond motifs is 1. The first-order valence-electron chi connectivity index (χ1n) is 8.05. The van der Waals surface area contributed by atoms with Crippen LogP contribution in [0.4, 0.5) is 0 Å². The summed E-state index contributed by atoms with van der Waals surface area (Å²) in [5.41, 5.74) is -0.178. The molecule has 1 atom stereocenters. The number of thiophene rings is 1. The Labute approximate surface area is 147 Å². The predicted molar refractivity (Wildman–Crippen MR) is 94.4 cm³/mol. The summed E-state index contributed by atoms with van der Waals surface area (Å²) in [6.45, 7) is 1.94. The largest absolute Gasteiger partial charge is 0.336 e. The summed E-state index contributed by atoms with van der Waals surface area (Å²) in [6.07, 6.45) is 5.05. The number of nitrogens with zero attached hydrogens (tertiary/aromatic N) is 5. The lowest BCUT2D eigenvalue weighted by Gasteiger charge is -2.35. The standard InChI is InChI=1S/C16H18N6O2S/c1-20-5-4-18-14(20)12-8-17-3-6-22(12)13(23)9-21-10-19-15-11(16(21)24)2-7-25-15/h2,4-5,7,10,12,17H,3,6,8-9H2,1H3. The third kappa shape index (κ3) is 2.85. The monoisotopic (exact) mass is 358 g/mol. The number of hydrogen-bond acceptors (Lipinski definition) is 6. The first kappa shape index (κ1) is 16.0. The Balaban J connectivity index is 1.61. The van der Waals surface area contributed by atoms with Gasteiger partial charge in [-0.1, -0.05) is 0 Å². The Morgan fingerprint density at radius 3 is 3.12 bits per heavy atom. The predicted octanol–water partition coefficient (Wildman–Crippen LogP) is 0.365. The number of aromatic nitrogens is 4. The Morgan fingerprint density at radius 1 is 1.44 bits per heavy atom. The van der Waals surface area contributed by atoms with Gasteiger partial charge in [0, 0.05) is 39.1 Å².